The van der Waals surface area contributed by atoms with Crippen LogP contribution >= 0.6 is 22.6 Å². The molecule has 0 aliphatic heterocycles. The lowest BCUT2D eigenvalue weighted by atomic mass is 9.93. The first-order valence-corrected chi connectivity index (χ1v) is 7.61. The maximum absolute atomic E-state index is 13.6. The Morgan fingerprint density at radius 1 is 1.44 bits per heavy atom. The Labute approximate surface area is 122 Å². The van der Waals surface area contributed by atoms with Crippen LogP contribution in [-0.4, -0.2) is 6.04 Å². The SMILES string of the molecule is CCC1CCC(Nc2cc(F)c(I)cc2N)C1C. The highest BCUT2D eigenvalue weighted by atomic mass is 127. The van der Waals surface area contributed by atoms with Crippen LogP contribution in [0.15, 0.2) is 12.1 Å². The number of nitrogen functional groups attached to an aromatic ring is 1. The van der Waals surface area contributed by atoms with Crippen LogP contribution in [0, 0.1) is 21.2 Å². The van der Waals surface area contributed by atoms with Crippen molar-refractivity contribution in [1.29, 1.82) is 0 Å². The fourth-order valence-corrected chi connectivity index (χ4v) is 3.41. The minimum Gasteiger partial charge on any atom is -0.397 e. The average molecular weight is 362 g/mol. The number of nitrogens with two attached hydrogens (primary N) is 1. The van der Waals surface area contributed by atoms with Gasteiger partial charge in [0.25, 0.3) is 0 Å². The normalized spacial score (nSPS) is 27.4. The molecule has 0 bridgehead atoms. The quantitative estimate of drug-likeness (QED) is 0.623. The summed E-state index contributed by atoms with van der Waals surface area (Å²) in [6.07, 6.45) is 3.62. The summed E-state index contributed by atoms with van der Waals surface area (Å²) in [7, 11) is 0. The van der Waals surface area contributed by atoms with E-state index < -0.39 is 0 Å². The van der Waals surface area contributed by atoms with E-state index in [-0.39, 0.29) is 5.82 Å². The van der Waals surface area contributed by atoms with Crippen molar-refractivity contribution in [1.82, 2.24) is 0 Å². The molecule has 4 heteroatoms. The van der Waals surface area contributed by atoms with Gasteiger partial charge in [0.05, 0.1) is 14.9 Å². The Balaban J connectivity index is 2.13. The van der Waals surface area contributed by atoms with Crippen molar-refractivity contribution in [2.24, 2.45) is 11.8 Å². The summed E-state index contributed by atoms with van der Waals surface area (Å²) in [6.45, 7) is 4.51. The number of hydrogen-bond donors (Lipinski definition) is 2. The van der Waals surface area contributed by atoms with Gasteiger partial charge in [0, 0.05) is 12.1 Å². The van der Waals surface area contributed by atoms with Crippen LogP contribution in [-0.2, 0) is 0 Å². The van der Waals surface area contributed by atoms with Crippen molar-refractivity contribution >= 4 is 34.0 Å². The third-order valence-electron chi connectivity index (χ3n) is 4.18. The van der Waals surface area contributed by atoms with Gasteiger partial charge in [-0.05, 0) is 53.3 Å². The average Bonchev–Trinajstić information content (AvgIpc) is 2.67. The van der Waals surface area contributed by atoms with Crippen LogP contribution in [0.4, 0.5) is 15.8 Å². The molecule has 1 saturated carbocycles. The number of rotatable bonds is 3. The summed E-state index contributed by atoms with van der Waals surface area (Å²) >= 11 is 1.96. The molecule has 0 aromatic heterocycles. The molecule has 0 amide bonds. The summed E-state index contributed by atoms with van der Waals surface area (Å²) in [5.74, 6) is 1.19. The van der Waals surface area contributed by atoms with Crippen LogP contribution in [0.5, 0.6) is 0 Å². The predicted octanol–water partition coefficient (Wildman–Crippen LogP) is 4.25. The van der Waals surface area contributed by atoms with Crippen LogP contribution < -0.4 is 11.1 Å². The lowest BCUT2D eigenvalue weighted by Gasteiger charge is -2.23. The third-order valence-corrected chi connectivity index (χ3v) is 5.01. The smallest absolute Gasteiger partial charge is 0.138 e. The van der Waals surface area contributed by atoms with E-state index in [1.165, 1.54) is 18.9 Å². The molecule has 2 nitrogen and oxygen atoms in total. The molecule has 0 heterocycles. The Hall–Kier alpha value is -0.520. The molecular formula is C14H20FIN2. The number of hydrogen-bond acceptors (Lipinski definition) is 2. The highest BCUT2D eigenvalue weighted by Gasteiger charge is 2.31. The predicted molar refractivity (Wildman–Crippen MR) is 83.1 cm³/mol. The molecule has 1 aromatic carbocycles. The van der Waals surface area contributed by atoms with E-state index >= 15 is 0 Å². The Morgan fingerprint density at radius 3 is 2.78 bits per heavy atom. The molecule has 3 unspecified atom stereocenters. The molecular weight excluding hydrogens is 342 g/mol. The van der Waals surface area contributed by atoms with E-state index in [0.29, 0.717) is 21.2 Å². The zero-order chi connectivity index (χ0) is 13.3. The summed E-state index contributed by atoms with van der Waals surface area (Å²) < 4.78 is 14.1. The van der Waals surface area contributed by atoms with Gasteiger partial charge >= 0.3 is 0 Å². The monoisotopic (exact) mass is 362 g/mol. The zero-order valence-electron chi connectivity index (χ0n) is 10.8. The van der Waals surface area contributed by atoms with Gasteiger partial charge in [-0.1, -0.05) is 20.3 Å². The molecule has 0 radical (unpaired) electrons. The largest absolute Gasteiger partial charge is 0.397 e. The number of halogens is 2. The van der Waals surface area contributed by atoms with E-state index in [2.05, 4.69) is 19.2 Å². The van der Waals surface area contributed by atoms with Gasteiger partial charge in [-0.15, -0.1) is 0 Å². The number of benzene rings is 1. The highest BCUT2D eigenvalue weighted by molar-refractivity contribution is 14.1. The standard InChI is InChI=1S/C14H20FIN2/c1-3-9-4-5-13(8(9)2)18-14-6-10(15)11(16)7-12(14)17/h6-9,13,18H,3-5,17H2,1-2H3. The van der Waals surface area contributed by atoms with E-state index in [9.17, 15) is 4.39 Å². The van der Waals surface area contributed by atoms with Crippen LogP contribution in [0.3, 0.4) is 0 Å². The van der Waals surface area contributed by atoms with Gasteiger partial charge < -0.3 is 11.1 Å². The highest BCUT2D eigenvalue weighted by Crippen LogP contribution is 2.37. The Kier molecular flexibility index (Phi) is 4.35. The molecule has 1 aliphatic carbocycles. The van der Waals surface area contributed by atoms with Crippen molar-refractivity contribution in [3.05, 3.63) is 21.5 Å². The van der Waals surface area contributed by atoms with Crippen LogP contribution in [0.2, 0.25) is 0 Å². The van der Waals surface area contributed by atoms with Crippen molar-refractivity contribution < 1.29 is 4.39 Å². The van der Waals surface area contributed by atoms with Crippen molar-refractivity contribution in [3.63, 3.8) is 0 Å². The van der Waals surface area contributed by atoms with Crippen molar-refractivity contribution in [3.8, 4) is 0 Å². The first-order chi connectivity index (χ1) is 8.52. The Bertz CT molecular complexity index is 436. The van der Waals surface area contributed by atoms with Gasteiger partial charge in [0.1, 0.15) is 5.82 Å². The molecule has 1 aromatic rings. The number of nitrogens with one attached hydrogen (secondary N) is 1. The molecule has 2 rings (SSSR count). The minimum atomic E-state index is -0.204. The van der Waals surface area contributed by atoms with Crippen LogP contribution in [0.25, 0.3) is 0 Å². The molecule has 100 valence electrons. The molecule has 0 saturated heterocycles. The lowest BCUT2D eigenvalue weighted by Crippen LogP contribution is -2.25. The maximum atomic E-state index is 13.6. The van der Waals surface area contributed by atoms with E-state index in [4.69, 9.17) is 5.73 Å². The van der Waals surface area contributed by atoms with Crippen LogP contribution in [0.1, 0.15) is 33.1 Å². The molecule has 1 aliphatic rings. The van der Waals surface area contributed by atoms with Crippen molar-refractivity contribution in [2.75, 3.05) is 11.1 Å². The summed E-state index contributed by atoms with van der Waals surface area (Å²) in [4.78, 5) is 0. The van der Waals surface area contributed by atoms with Gasteiger partial charge in [0.15, 0.2) is 0 Å². The first kappa shape index (κ1) is 13.9. The van der Waals surface area contributed by atoms with E-state index in [1.54, 1.807) is 6.07 Å². The Morgan fingerprint density at radius 2 is 2.17 bits per heavy atom. The fourth-order valence-electron chi connectivity index (χ4n) is 2.91. The number of anilines is 2. The van der Waals surface area contributed by atoms with Gasteiger partial charge in [-0.2, -0.15) is 0 Å². The molecule has 18 heavy (non-hydrogen) atoms. The van der Waals surface area contributed by atoms with Crippen molar-refractivity contribution in [2.45, 2.75) is 39.2 Å². The summed E-state index contributed by atoms with van der Waals surface area (Å²) in [6, 6.07) is 3.62. The maximum Gasteiger partial charge on any atom is 0.138 e. The topological polar surface area (TPSA) is 38.0 Å². The van der Waals surface area contributed by atoms with E-state index in [1.807, 2.05) is 22.6 Å². The van der Waals surface area contributed by atoms with Gasteiger partial charge in [0.2, 0.25) is 0 Å². The first-order valence-electron chi connectivity index (χ1n) is 6.54. The fraction of sp³-hybridized carbons (Fsp3) is 0.571. The third kappa shape index (κ3) is 2.73. The molecule has 1 fully saturated rings. The summed E-state index contributed by atoms with van der Waals surface area (Å²) in [5.41, 5.74) is 7.32. The minimum absolute atomic E-state index is 0.204. The summed E-state index contributed by atoms with van der Waals surface area (Å²) in [5, 5.41) is 3.42. The molecule has 3 atom stereocenters. The van der Waals surface area contributed by atoms with Gasteiger partial charge in [-0.25, -0.2) is 4.39 Å². The zero-order valence-corrected chi connectivity index (χ0v) is 13.0. The van der Waals surface area contributed by atoms with Gasteiger partial charge in [-0.3, -0.25) is 0 Å². The molecule has 3 N–H and O–H groups in total. The van der Waals surface area contributed by atoms with E-state index in [0.717, 1.165) is 18.0 Å². The second-order valence-electron chi connectivity index (χ2n) is 5.21. The molecule has 0 spiro atoms. The second-order valence-corrected chi connectivity index (χ2v) is 6.37. The second kappa shape index (κ2) is 5.63. The lowest BCUT2D eigenvalue weighted by molar-refractivity contribution is 0.392.